The molecule has 154 valence electrons. The average molecular weight is 396 g/mol. The second kappa shape index (κ2) is 8.27. The van der Waals surface area contributed by atoms with E-state index >= 15 is 0 Å². The Balaban J connectivity index is 1.38. The molecule has 1 aromatic carbocycles. The fourth-order valence-corrected chi connectivity index (χ4v) is 4.04. The van der Waals surface area contributed by atoms with Crippen molar-refractivity contribution in [3.8, 4) is 5.75 Å². The number of carbonyl (C=O) groups is 2. The molecule has 0 spiro atoms. The van der Waals surface area contributed by atoms with E-state index in [0.29, 0.717) is 18.8 Å². The minimum atomic E-state index is -0.191. The summed E-state index contributed by atoms with van der Waals surface area (Å²) in [5, 5.41) is 4.07. The molecule has 0 aliphatic carbocycles. The molecule has 2 fully saturated rings. The molecule has 1 aromatic heterocycles. The quantitative estimate of drug-likeness (QED) is 0.740. The van der Waals surface area contributed by atoms with Crippen LogP contribution in [-0.2, 0) is 0 Å². The van der Waals surface area contributed by atoms with Crippen molar-refractivity contribution in [2.75, 3.05) is 31.1 Å². The first-order valence-electron chi connectivity index (χ1n) is 10.4. The monoisotopic (exact) mass is 396 g/mol. The average Bonchev–Trinajstić information content (AvgIpc) is 3.42. The van der Waals surface area contributed by atoms with Crippen molar-refractivity contribution in [1.82, 2.24) is 14.7 Å². The van der Waals surface area contributed by atoms with E-state index in [1.165, 1.54) is 35.7 Å². The first kappa shape index (κ1) is 19.5. The molecule has 2 aliphatic rings. The summed E-state index contributed by atoms with van der Waals surface area (Å²) in [4.78, 5) is 28.2. The van der Waals surface area contributed by atoms with Gasteiger partial charge in [-0.15, -0.1) is 0 Å². The van der Waals surface area contributed by atoms with Crippen LogP contribution in [0.1, 0.15) is 48.7 Å². The van der Waals surface area contributed by atoms with Crippen molar-refractivity contribution >= 4 is 17.5 Å². The lowest BCUT2D eigenvalue weighted by molar-refractivity contribution is 0.101. The summed E-state index contributed by atoms with van der Waals surface area (Å²) in [5.41, 5.74) is 2.74. The molecule has 4 rings (SSSR count). The predicted octanol–water partition coefficient (Wildman–Crippen LogP) is 3.51. The zero-order valence-corrected chi connectivity index (χ0v) is 17.1. The van der Waals surface area contributed by atoms with Crippen LogP contribution < -0.4 is 9.64 Å². The van der Waals surface area contributed by atoms with Crippen LogP contribution in [0.25, 0.3) is 0 Å². The number of hydrogen-bond donors (Lipinski definition) is 0. The fourth-order valence-electron chi connectivity index (χ4n) is 4.04. The van der Waals surface area contributed by atoms with E-state index in [9.17, 15) is 9.59 Å². The van der Waals surface area contributed by atoms with Gasteiger partial charge >= 0.3 is 6.03 Å². The highest BCUT2D eigenvalue weighted by Crippen LogP contribution is 2.33. The van der Waals surface area contributed by atoms with Crippen LogP contribution in [0.5, 0.6) is 5.75 Å². The zero-order valence-electron chi connectivity index (χ0n) is 17.1. The summed E-state index contributed by atoms with van der Waals surface area (Å²) in [6.45, 7) is 6.95. The summed E-state index contributed by atoms with van der Waals surface area (Å²) >= 11 is 0. The molecule has 7 heteroatoms. The first-order valence-corrected chi connectivity index (χ1v) is 10.4. The van der Waals surface area contributed by atoms with Crippen LogP contribution in [0.4, 0.5) is 10.5 Å². The van der Waals surface area contributed by atoms with Crippen LogP contribution in [0.15, 0.2) is 30.5 Å². The molecule has 7 nitrogen and oxygen atoms in total. The Morgan fingerprint density at radius 2 is 1.79 bits per heavy atom. The van der Waals surface area contributed by atoms with E-state index in [-0.39, 0.29) is 17.9 Å². The number of nitrogens with zero attached hydrogens (tertiary/aromatic N) is 4. The SMILES string of the molecule is CC(=O)c1ccn(C(=O)N2CCC(Oc3ccc(C)cc3N3CCCC3)CC2)n1. The summed E-state index contributed by atoms with van der Waals surface area (Å²) in [7, 11) is 0. The molecule has 0 N–H and O–H groups in total. The molecular weight excluding hydrogens is 368 g/mol. The summed E-state index contributed by atoms with van der Waals surface area (Å²) in [5.74, 6) is 0.802. The van der Waals surface area contributed by atoms with E-state index in [1.807, 2.05) is 0 Å². The lowest BCUT2D eigenvalue weighted by atomic mass is 10.1. The number of aryl methyl sites for hydroxylation is 1. The molecule has 29 heavy (non-hydrogen) atoms. The number of amides is 1. The third-order valence-electron chi connectivity index (χ3n) is 5.71. The molecule has 0 unspecified atom stereocenters. The number of aromatic nitrogens is 2. The number of carbonyl (C=O) groups excluding carboxylic acids is 2. The van der Waals surface area contributed by atoms with Gasteiger partial charge < -0.3 is 14.5 Å². The van der Waals surface area contributed by atoms with Gasteiger partial charge in [-0.05, 0) is 43.5 Å². The van der Waals surface area contributed by atoms with Gasteiger partial charge in [-0.1, -0.05) is 6.07 Å². The van der Waals surface area contributed by atoms with E-state index in [0.717, 1.165) is 31.7 Å². The third kappa shape index (κ3) is 4.28. The van der Waals surface area contributed by atoms with Crippen molar-refractivity contribution < 1.29 is 14.3 Å². The van der Waals surface area contributed by atoms with Crippen molar-refractivity contribution in [3.05, 3.63) is 41.7 Å². The van der Waals surface area contributed by atoms with Gasteiger partial charge in [-0.3, -0.25) is 4.79 Å². The van der Waals surface area contributed by atoms with Crippen LogP contribution in [-0.4, -0.2) is 58.8 Å². The van der Waals surface area contributed by atoms with Crippen LogP contribution in [0, 0.1) is 6.92 Å². The highest BCUT2D eigenvalue weighted by atomic mass is 16.5. The van der Waals surface area contributed by atoms with Gasteiger partial charge in [0.15, 0.2) is 5.78 Å². The topological polar surface area (TPSA) is 67.7 Å². The van der Waals surface area contributed by atoms with E-state index in [4.69, 9.17) is 4.74 Å². The van der Waals surface area contributed by atoms with Crippen molar-refractivity contribution in [1.29, 1.82) is 0 Å². The first-order chi connectivity index (χ1) is 14.0. The normalized spacial score (nSPS) is 17.6. The maximum atomic E-state index is 12.6. The highest BCUT2D eigenvalue weighted by molar-refractivity contribution is 5.92. The van der Waals surface area contributed by atoms with Crippen LogP contribution >= 0.6 is 0 Å². The Morgan fingerprint density at radius 3 is 2.45 bits per heavy atom. The Hall–Kier alpha value is -2.83. The fraction of sp³-hybridized carbons (Fsp3) is 0.500. The van der Waals surface area contributed by atoms with Crippen molar-refractivity contribution in [3.63, 3.8) is 0 Å². The van der Waals surface area contributed by atoms with Gasteiger partial charge in [-0.25, -0.2) is 4.79 Å². The molecule has 2 aromatic rings. The van der Waals surface area contributed by atoms with Crippen LogP contribution in [0.3, 0.4) is 0 Å². The predicted molar refractivity (Wildman–Crippen MR) is 111 cm³/mol. The van der Waals surface area contributed by atoms with Gasteiger partial charge in [0.1, 0.15) is 17.5 Å². The smallest absolute Gasteiger partial charge is 0.344 e. The summed E-state index contributed by atoms with van der Waals surface area (Å²) in [6.07, 6.45) is 5.66. The Kier molecular flexibility index (Phi) is 5.56. The van der Waals surface area contributed by atoms with Crippen LogP contribution in [0.2, 0.25) is 0 Å². The number of hydrogen-bond acceptors (Lipinski definition) is 5. The lowest BCUT2D eigenvalue weighted by Crippen LogP contribution is -2.43. The zero-order chi connectivity index (χ0) is 20.4. The second-order valence-corrected chi connectivity index (χ2v) is 7.95. The second-order valence-electron chi connectivity index (χ2n) is 7.95. The molecule has 0 radical (unpaired) electrons. The Morgan fingerprint density at radius 1 is 1.07 bits per heavy atom. The van der Waals surface area contributed by atoms with Gasteiger partial charge in [0.2, 0.25) is 0 Å². The highest BCUT2D eigenvalue weighted by Gasteiger charge is 2.27. The number of ether oxygens (including phenoxy) is 1. The minimum Gasteiger partial charge on any atom is -0.488 e. The number of Topliss-reactive ketones (excluding diaryl/α,β-unsaturated/α-hetero) is 1. The number of benzene rings is 1. The van der Waals surface area contributed by atoms with Gasteiger partial charge in [0, 0.05) is 52.1 Å². The molecule has 1 amide bonds. The molecule has 2 aliphatic heterocycles. The van der Waals surface area contributed by atoms with Gasteiger partial charge in [-0.2, -0.15) is 9.78 Å². The number of ketones is 1. The van der Waals surface area contributed by atoms with E-state index in [1.54, 1.807) is 17.2 Å². The molecular formula is C22H28N4O3. The summed E-state index contributed by atoms with van der Waals surface area (Å²) < 4.78 is 7.63. The molecule has 0 bridgehead atoms. The molecule has 2 saturated heterocycles. The third-order valence-corrected chi connectivity index (χ3v) is 5.71. The molecule has 3 heterocycles. The van der Waals surface area contributed by atoms with E-state index < -0.39 is 0 Å². The van der Waals surface area contributed by atoms with Crippen molar-refractivity contribution in [2.45, 2.75) is 45.6 Å². The lowest BCUT2D eigenvalue weighted by Gasteiger charge is -2.33. The molecule has 0 saturated carbocycles. The molecule has 0 atom stereocenters. The largest absolute Gasteiger partial charge is 0.488 e. The minimum absolute atomic E-state index is 0.0912. The number of piperidine rings is 1. The summed E-state index contributed by atoms with van der Waals surface area (Å²) in [6, 6.07) is 7.77. The van der Waals surface area contributed by atoms with E-state index in [2.05, 4.69) is 35.1 Å². The standard InChI is InChI=1S/C22H28N4O3/c1-16-5-6-21(20(15-16)24-10-3-4-11-24)29-18-7-12-25(13-8-18)22(28)26-14-9-19(23-26)17(2)27/h5-6,9,14-15,18H,3-4,7-8,10-13H2,1-2H3. The number of anilines is 1. The number of likely N-dealkylation sites (tertiary alicyclic amines) is 1. The number of rotatable bonds is 4. The maximum absolute atomic E-state index is 12.6. The Bertz CT molecular complexity index is 893. The maximum Gasteiger partial charge on any atom is 0.344 e. The van der Waals surface area contributed by atoms with Crippen molar-refractivity contribution in [2.24, 2.45) is 0 Å². The van der Waals surface area contributed by atoms with Gasteiger partial charge in [0.05, 0.1) is 5.69 Å². The van der Waals surface area contributed by atoms with Gasteiger partial charge in [0.25, 0.3) is 0 Å². The Labute approximate surface area is 171 Å².